The summed E-state index contributed by atoms with van der Waals surface area (Å²) >= 11 is 0. The Bertz CT molecular complexity index is 650. The largest absolute Gasteiger partial charge is 0.338 e. The predicted molar refractivity (Wildman–Crippen MR) is 86.2 cm³/mol. The third-order valence-electron chi connectivity index (χ3n) is 4.31. The fourth-order valence-corrected chi connectivity index (χ4v) is 3.09. The summed E-state index contributed by atoms with van der Waals surface area (Å²) in [5, 5.41) is 7.58. The van der Waals surface area contributed by atoms with E-state index in [-0.39, 0.29) is 5.91 Å². The number of nitrogens with zero attached hydrogens (tertiary/aromatic N) is 3. The van der Waals surface area contributed by atoms with Crippen molar-refractivity contribution < 1.29 is 4.79 Å². The molecule has 1 fully saturated rings. The lowest BCUT2D eigenvalue weighted by Gasteiger charge is -2.16. The van der Waals surface area contributed by atoms with Gasteiger partial charge in [0.2, 0.25) is 0 Å². The summed E-state index contributed by atoms with van der Waals surface area (Å²) < 4.78 is 1.83. The summed E-state index contributed by atoms with van der Waals surface area (Å²) in [4.78, 5) is 14.7. The molecular formula is C17H22N4O. The first-order valence-corrected chi connectivity index (χ1v) is 7.74. The third kappa shape index (κ3) is 2.76. The van der Waals surface area contributed by atoms with Crippen molar-refractivity contribution >= 4 is 5.91 Å². The maximum Gasteiger partial charge on any atom is 0.257 e. The molecule has 3 rings (SSSR count). The molecule has 0 spiro atoms. The van der Waals surface area contributed by atoms with Crippen LogP contribution in [0.15, 0.2) is 36.5 Å². The van der Waals surface area contributed by atoms with E-state index in [1.165, 1.54) is 0 Å². The van der Waals surface area contributed by atoms with Gasteiger partial charge in [-0.1, -0.05) is 18.2 Å². The molecule has 1 aromatic carbocycles. The van der Waals surface area contributed by atoms with E-state index in [1.807, 2.05) is 53.9 Å². The van der Waals surface area contributed by atoms with Gasteiger partial charge in [0.15, 0.2) is 0 Å². The highest BCUT2D eigenvalue weighted by molar-refractivity contribution is 5.95. The Morgan fingerprint density at radius 2 is 2.14 bits per heavy atom. The Hall–Kier alpha value is -2.14. The minimum atomic E-state index is 0.0956. The lowest BCUT2D eigenvalue weighted by atomic mass is 10.1. The predicted octanol–water partition coefficient (Wildman–Crippen LogP) is 1.86. The van der Waals surface area contributed by atoms with E-state index in [0.29, 0.717) is 11.5 Å². The Balaban J connectivity index is 1.79. The van der Waals surface area contributed by atoms with Crippen molar-refractivity contribution in [1.82, 2.24) is 20.0 Å². The zero-order valence-electron chi connectivity index (χ0n) is 13.1. The minimum absolute atomic E-state index is 0.0956. The van der Waals surface area contributed by atoms with Crippen LogP contribution in [0.3, 0.4) is 0 Å². The minimum Gasteiger partial charge on any atom is -0.338 e. The molecule has 5 nitrogen and oxygen atoms in total. The van der Waals surface area contributed by atoms with Crippen LogP contribution in [0.2, 0.25) is 0 Å². The molecule has 22 heavy (non-hydrogen) atoms. The molecular weight excluding hydrogens is 276 g/mol. The monoisotopic (exact) mass is 298 g/mol. The molecule has 0 saturated carbocycles. The first-order valence-electron chi connectivity index (χ1n) is 7.74. The van der Waals surface area contributed by atoms with Crippen LogP contribution in [0.25, 0.3) is 5.69 Å². The third-order valence-corrected chi connectivity index (χ3v) is 4.31. The van der Waals surface area contributed by atoms with E-state index in [2.05, 4.69) is 10.4 Å². The van der Waals surface area contributed by atoms with Crippen LogP contribution in [0.5, 0.6) is 0 Å². The van der Waals surface area contributed by atoms with Crippen LogP contribution in [0.1, 0.15) is 22.5 Å². The summed E-state index contributed by atoms with van der Waals surface area (Å²) in [6.07, 6.45) is 2.76. The molecule has 1 amide bonds. The van der Waals surface area contributed by atoms with Gasteiger partial charge in [0.05, 0.1) is 23.1 Å². The molecule has 1 N–H and O–H groups in total. The second-order valence-corrected chi connectivity index (χ2v) is 5.85. The molecule has 2 aromatic rings. The van der Waals surface area contributed by atoms with Crippen molar-refractivity contribution in [2.24, 2.45) is 5.92 Å². The van der Waals surface area contributed by atoms with Crippen LogP contribution in [-0.2, 0) is 0 Å². The van der Waals surface area contributed by atoms with Crippen LogP contribution < -0.4 is 5.32 Å². The van der Waals surface area contributed by atoms with Crippen molar-refractivity contribution in [3.05, 3.63) is 47.8 Å². The summed E-state index contributed by atoms with van der Waals surface area (Å²) in [6, 6.07) is 9.90. The van der Waals surface area contributed by atoms with Crippen molar-refractivity contribution in [3.63, 3.8) is 0 Å². The smallest absolute Gasteiger partial charge is 0.257 e. The van der Waals surface area contributed by atoms with Crippen molar-refractivity contribution in [3.8, 4) is 5.69 Å². The van der Waals surface area contributed by atoms with Gasteiger partial charge in [0.25, 0.3) is 5.91 Å². The lowest BCUT2D eigenvalue weighted by molar-refractivity contribution is 0.0786. The Morgan fingerprint density at radius 3 is 2.86 bits per heavy atom. The van der Waals surface area contributed by atoms with E-state index in [1.54, 1.807) is 6.20 Å². The normalized spacial score (nSPS) is 17.9. The van der Waals surface area contributed by atoms with E-state index in [9.17, 15) is 4.79 Å². The van der Waals surface area contributed by atoms with Crippen molar-refractivity contribution in [2.75, 3.05) is 26.7 Å². The van der Waals surface area contributed by atoms with Gasteiger partial charge in [-0.15, -0.1) is 0 Å². The summed E-state index contributed by atoms with van der Waals surface area (Å²) in [6.45, 7) is 4.58. The van der Waals surface area contributed by atoms with E-state index < -0.39 is 0 Å². The van der Waals surface area contributed by atoms with Crippen LogP contribution >= 0.6 is 0 Å². The molecule has 0 radical (unpaired) electrons. The number of rotatable bonds is 4. The quantitative estimate of drug-likeness (QED) is 0.937. The molecule has 1 aliphatic rings. The van der Waals surface area contributed by atoms with E-state index in [4.69, 9.17) is 0 Å². The number of hydrogen-bond acceptors (Lipinski definition) is 3. The number of amides is 1. The van der Waals surface area contributed by atoms with E-state index in [0.717, 1.165) is 37.4 Å². The molecule has 1 aliphatic heterocycles. The molecule has 2 heterocycles. The maximum atomic E-state index is 12.7. The van der Waals surface area contributed by atoms with Gasteiger partial charge in [0.1, 0.15) is 0 Å². The number of carbonyl (C=O) groups is 1. The van der Waals surface area contributed by atoms with Gasteiger partial charge in [-0.25, -0.2) is 4.68 Å². The van der Waals surface area contributed by atoms with Crippen LogP contribution in [0.4, 0.5) is 0 Å². The number of aromatic nitrogens is 2. The highest BCUT2D eigenvalue weighted by atomic mass is 16.2. The topological polar surface area (TPSA) is 50.2 Å². The molecule has 1 saturated heterocycles. The standard InChI is InChI=1S/C17H22N4O/c1-13-16(11-19-21(13)15-6-4-3-5-7-15)17(22)20-9-8-14(12-20)10-18-2/h3-7,11,14,18H,8-10,12H2,1-2H3. The van der Waals surface area contributed by atoms with Gasteiger partial charge in [-0.2, -0.15) is 5.10 Å². The van der Waals surface area contributed by atoms with Gasteiger partial charge in [0, 0.05) is 13.1 Å². The second-order valence-electron chi connectivity index (χ2n) is 5.85. The Labute approximate surface area is 130 Å². The second kappa shape index (κ2) is 6.32. The zero-order chi connectivity index (χ0) is 15.5. The lowest BCUT2D eigenvalue weighted by Crippen LogP contribution is -2.30. The van der Waals surface area contributed by atoms with E-state index >= 15 is 0 Å². The molecule has 116 valence electrons. The highest BCUT2D eigenvalue weighted by Crippen LogP contribution is 2.21. The Morgan fingerprint density at radius 1 is 1.36 bits per heavy atom. The number of hydrogen-bond donors (Lipinski definition) is 1. The first-order chi connectivity index (χ1) is 10.7. The number of nitrogens with one attached hydrogen (secondary N) is 1. The number of likely N-dealkylation sites (tertiary alicyclic amines) is 1. The maximum absolute atomic E-state index is 12.7. The van der Waals surface area contributed by atoms with Gasteiger partial charge in [-0.05, 0) is 45.0 Å². The van der Waals surface area contributed by atoms with Gasteiger partial charge < -0.3 is 10.2 Å². The molecule has 1 unspecified atom stereocenters. The molecule has 1 aromatic heterocycles. The van der Waals surface area contributed by atoms with Gasteiger partial charge in [-0.3, -0.25) is 4.79 Å². The molecule has 0 aliphatic carbocycles. The summed E-state index contributed by atoms with van der Waals surface area (Å²) in [5.74, 6) is 0.650. The summed E-state index contributed by atoms with van der Waals surface area (Å²) in [7, 11) is 1.96. The number of benzene rings is 1. The summed E-state index contributed by atoms with van der Waals surface area (Å²) in [5.41, 5.74) is 2.58. The fourth-order valence-electron chi connectivity index (χ4n) is 3.09. The van der Waals surface area contributed by atoms with Crippen LogP contribution in [0, 0.1) is 12.8 Å². The number of carbonyl (C=O) groups excluding carboxylic acids is 1. The average molecular weight is 298 g/mol. The first kappa shape index (κ1) is 14.8. The molecule has 5 heteroatoms. The van der Waals surface area contributed by atoms with Gasteiger partial charge >= 0.3 is 0 Å². The molecule has 0 bridgehead atoms. The fraction of sp³-hybridized carbons (Fsp3) is 0.412. The molecule has 1 atom stereocenters. The highest BCUT2D eigenvalue weighted by Gasteiger charge is 2.28. The zero-order valence-corrected chi connectivity index (χ0v) is 13.1. The SMILES string of the molecule is CNCC1CCN(C(=O)c2cnn(-c3ccccc3)c2C)C1. The Kier molecular flexibility index (Phi) is 4.24. The van der Waals surface area contributed by atoms with Crippen molar-refractivity contribution in [1.29, 1.82) is 0 Å². The number of para-hydroxylation sites is 1. The average Bonchev–Trinajstić information content (AvgIpc) is 3.15. The van der Waals surface area contributed by atoms with Crippen LogP contribution in [-0.4, -0.2) is 47.3 Å². The van der Waals surface area contributed by atoms with Crippen molar-refractivity contribution in [2.45, 2.75) is 13.3 Å².